The maximum atomic E-state index is 13.3. The second kappa shape index (κ2) is 12.3. The predicted octanol–water partition coefficient (Wildman–Crippen LogP) is 6.28. The van der Waals surface area contributed by atoms with Gasteiger partial charge in [0.2, 0.25) is 11.8 Å². The lowest BCUT2D eigenvalue weighted by Crippen LogP contribution is -2.57. The molecular formula is C29H33Cl2N5O2S. The normalized spacial score (nSPS) is 18.4. The van der Waals surface area contributed by atoms with Crippen LogP contribution in [0.4, 0.5) is 0 Å². The Bertz CT molecular complexity index is 1340. The van der Waals surface area contributed by atoms with Crippen molar-refractivity contribution in [1.82, 2.24) is 24.6 Å². The molecule has 1 aliphatic carbocycles. The summed E-state index contributed by atoms with van der Waals surface area (Å²) in [4.78, 5) is 30.2. The number of carbonyl (C=O) groups excluding carboxylic acids is 2. The quantitative estimate of drug-likeness (QED) is 0.318. The summed E-state index contributed by atoms with van der Waals surface area (Å²) in [7, 11) is 0. The summed E-state index contributed by atoms with van der Waals surface area (Å²) in [5.41, 5.74) is 2.82. The SMILES string of the molecule is Cc1ccc(-c2nnc(SCC(=O)N3CCN(C(=O)C4CCCCC4)C(C)C3)n2-c2ccc(Cl)c(Cl)c2)cc1. The van der Waals surface area contributed by atoms with Gasteiger partial charge in [-0.15, -0.1) is 10.2 Å². The minimum atomic E-state index is 0.00938. The van der Waals surface area contributed by atoms with Crippen molar-refractivity contribution in [2.45, 2.75) is 57.1 Å². The Morgan fingerprint density at radius 3 is 2.41 bits per heavy atom. The maximum absolute atomic E-state index is 13.3. The van der Waals surface area contributed by atoms with E-state index in [9.17, 15) is 9.59 Å². The first-order valence-corrected chi connectivity index (χ1v) is 15.2. The zero-order valence-electron chi connectivity index (χ0n) is 22.3. The van der Waals surface area contributed by atoms with Crippen molar-refractivity contribution in [3.8, 4) is 17.1 Å². The Labute approximate surface area is 243 Å². The van der Waals surface area contributed by atoms with Gasteiger partial charge in [-0.25, -0.2) is 0 Å². The molecule has 5 rings (SSSR count). The minimum Gasteiger partial charge on any atom is -0.338 e. The van der Waals surface area contributed by atoms with E-state index >= 15 is 0 Å². The number of hydrogen-bond acceptors (Lipinski definition) is 5. The minimum absolute atomic E-state index is 0.00938. The number of aryl methyl sites for hydroxylation is 1. The van der Waals surface area contributed by atoms with E-state index in [0.717, 1.165) is 42.5 Å². The third-order valence-electron chi connectivity index (χ3n) is 7.65. The molecule has 206 valence electrons. The summed E-state index contributed by atoms with van der Waals surface area (Å²) in [6.45, 7) is 5.77. The van der Waals surface area contributed by atoms with E-state index in [1.807, 2.05) is 58.5 Å². The van der Waals surface area contributed by atoms with Crippen LogP contribution in [-0.4, -0.2) is 67.8 Å². The molecular weight excluding hydrogens is 553 g/mol. The van der Waals surface area contributed by atoms with Gasteiger partial charge in [-0.1, -0.05) is 84.1 Å². The van der Waals surface area contributed by atoms with Crippen molar-refractivity contribution >= 4 is 46.8 Å². The number of carbonyl (C=O) groups is 2. The first-order chi connectivity index (χ1) is 18.8. The third kappa shape index (κ3) is 6.28. The summed E-state index contributed by atoms with van der Waals surface area (Å²) in [6, 6.07) is 13.5. The summed E-state index contributed by atoms with van der Waals surface area (Å²) in [6.07, 6.45) is 5.49. The number of piperazine rings is 1. The van der Waals surface area contributed by atoms with Crippen molar-refractivity contribution in [3.05, 3.63) is 58.1 Å². The van der Waals surface area contributed by atoms with Crippen molar-refractivity contribution in [3.63, 3.8) is 0 Å². The van der Waals surface area contributed by atoms with E-state index < -0.39 is 0 Å². The van der Waals surface area contributed by atoms with E-state index in [1.54, 1.807) is 12.1 Å². The van der Waals surface area contributed by atoms with Gasteiger partial charge in [-0.05, 0) is 44.9 Å². The predicted molar refractivity (Wildman–Crippen MR) is 157 cm³/mol. The number of amides is 2. The molecule has 3 aromatic rings. The molecule has 7 nitrogen and oxygen atoms in total. The van der Waals surface area contributed by atoms with Gasteiger partial charge in [-0.2, -0.15) is 0 Å². The number of rotatable bonds is 6. The monoisotopic (exact) mass is 585 g/mol. The first-order valence-electron chi connectivity index (χ1n) is 13.5. The number of aromatic nitrogens is 3. The fraction of sp³-hybridized carbons (Fsp3) is 0.448. The van der Waals surface area contributed by atoms with Gasteiger partial charge in [-0.3, -0.25) is 14.2 Å². The van der Waals surface area contributed by atoms with Gasteiger partial charge in [0.1, 0.15) is 0 Å². The molecule has 2 aliphatic rings. The average molecular weight is 587 g/mol. The molecule has 1 atom stereocenters. The zero-order valence-corrected chi connectivity index (χ0v) is 24.6. The van der Waals surface area contributed by atoms with E-state index in [1.165, 1.54) is 18.2 Å². The van der Waals surface area contributed by atoms with Crippen LogP contribution in [-0.2, 0) is 9.59 Å². The molecule has 0 bridgehead atoms. The van der Waals surface area contributed by atoms with Crippen LogP contribution in [0.15, 0.2) is 47.6 Å². The van der Waals surface area contributed by atoms with E-state index in [0.29, 0.717) is 40.7 Å². The van der Waals surface area contributed by atoms with Crippen LogP contribution >= 0.6 is 35.0 Å². The lowest BCUT2D eigenvalue weighted by Gasteiger charge is -2.41. The highest BCUT2D eigenvalue weighted by Gasteiger charge is 2.33. The molecule has 0 radical (unpaired) electrons. The lowest BCUT2D eigenvalue weighted by molar-refractivity contribution is -0.145. The molecule has 39 heavy (non-hydrogen) atoms. The highest BCUT2D eigenvalue weighted by Crippen LogP contribution is 2.32. The lowest BCUT2D eigenvalue weighted by atomic mass is 9.88. The molecule has 2 amide bonds. The molecule has 1 saturated carbocycles. The zero-order chi connectivity index (χ0) is 27.5. The molecule has 1 aromatic heterocycles. The van der Waals surface area contributed by atoms with Crippen LogP contribution in [0.3, 0.4) is 0 Å². The summed E-state index contributed by atoms with van der Waals surface area (Å²) < 4.78 is 1.91. The van der Waals surface area contributed by atoms with Crippen LogP contribution in [0, 0.1) is 12.8 Å². The first kappa shape index (κ1) is 28.0. The number of benzene rings is 2. The number of nitrogens with zero attached hydrogens (tertiary/aromatic N) is 5. The van der Waals surface area contributed by atoms with Crippen LogP contribution < -0.4 is 0 Å². The molecule has 2 fully saturated rings. The van der Waals surface area contributed by atoms with E-state index in [-0.39, 0.29) is 29.5 Å². The van der Waals surface area contributed by atoms with Gasteiger partial charge in [0.15, 0.2) is 11.0 Å². The van der Waals surface area contributed by atoms with Crippen LogP contribution in [0.5, 0.6) is 0 Å². The van der Waals surface area contributed by atoms with Gasteiger partial charge in [0, 0.05) is 37.2 Å². The topological polar surface area (TPSA) is 71.3 Å². The van der Waals surface area contributed by atoms with Crippen molar-refractivity contribution in [2.75, 3.05) is 25.4 Å². The molecule has 10 heteroatoms. The molecule has 1 unspecified atom stereocenters. The third-order valence-corrected chi connectivity index (χ3v) is 9.30. The second-order valence-corrected chi connectivity index (χ2v) is 12.2. The van der Waals surface area contributed by atoms with Gasteiger partial charge < -0.3 is 9.80 Å². The van der Waals surface area contributed by atoms with Gasteiger partial charge in [0.05, 0.1) is 21.5 Å². The summed E-state index contributed by atoms with van der Waals surface area (Å²) in [5, 5.41) is 10.4. The molecule has 0 spiro atoms. The summed E-state index contributed by atoms with van der Waals surface area (Å²) >= 11 is 13.9. The number of thioether (sulfide) groups is 1. The molecule has 2 heterocycles. The fourth-order valence-corrected chi connectivity index (χ4v) is 6.57. The average Bonchev–Trinajstić information content (AvgIpc) is 3.37. The molecule has 1 aliphatic heterocycles. The standard InChI is InChI=1S/C29H33Cl2N5O2S/c1-19-8-10-21(11-9-19)27-32-33-29(36(27)23-12-13-24(30)25(31)16-23)39-18-26(37)34-14-15-35(20(2)17-34)28(38)22-6-4-3-5-7-22/h8-13,16,20,22H,3-7,14-15,17-18H2,1-2H3. The molecule has 0 N–H and O–H groups in total. The smallest absolute Gasteiger partial charge is 0.233 e. The summed E-state index contributed by atoms with van der Waals surface area (Å²) in [5.74, 6) is 1.32. The number of halogens is 2. The number of hydrogen-bond donors (Lipinski definition) is 0. The van der Waals surface area contributed by atoms with Crippen molar-refractivity contribution in [2.24, 2.45) is 5.92 Å². The van der Waals surface area contributed by atoms with E-state index in [2.05, 4.69) is 10.2 Å². The van der Waals surface area contributed by atoms with Crippen LogP contribution in [0.1, 0.15) is 44.6 Å². The highest BCUT2D eigenvalue weighted by atomic mass is 35.5. The van der Waals surface area contributed by atoms with Gasteiger partial charge >= 0.3 is 0 Å². The van der Waals surface area contributed by atoms with Crippen LogP contribution in [0.25, 0.3) is 17.1 Å². The van der Waals surface area contributed by atoms with Crippen molar-refractivity contribution < 1.29 is 9.59 Å². The Hall–Kier alpha value is -2.55. The van der Waals surface area contributed by atoms with E-state index in [4.69, 9.17) is 23.2 Å². The Morgan fingerprint density at radius 2 is 1.72 bits per heavy atom. The Kier molecular flexibility index (Phi) is 8.84. The Morgan fingerprint density at radius 1 is 0.974 bits per heavy atom. The van der Waals surface area contributed by atoms with Crippen molar-refractivity contribution in [1.29, 1.82) is 0 Å². The highest BCUT2D eigenvalue weighted by molar-refractivity contribution is 7.99. The molecule has 1 saturated heterocycles. The Balaban J connectivity index is 1.29. The maximum Gasteiger partial charge on any atom is 0.233 e. The van der Waals surface area contributed by atoms with Gasteiger partial charge in [0.25, 0.3) is 0 Å². The fourth-order valence-electron chi connectivity index (χ4n) is 5.42. The second-order valence-electron chi connectivity index (χ2n) is 10.5. The molecule has 2 aromatic carbocycles. The van der Waals surface area contributed by atoms with Crippen LogP contribution in [0.2, 0.25) is 10.0 Å². The largest absolute Gasteiger partial charge is 0.338 e.